The number of ether oxygens (including phenoxy) is 1. The van der Waals surface area contributed by atoms with E-state index < -0.39 is 45.9 Å². The molecular weight excluding hydrogens is 260 g/mol. The quantitative estimate of drug-likeness (QED) is 0.660. The number of benzene rings is 1. The molecule has 0 unspecified atom stereocenters. The van der Waals surface area contributed by atoms with Gasteiger partial charge in [0.05, 0.1) is 12.7 Å². The third-order valence-corrected chi connectivity index (χ3v) is 2.32. The number of methoxy groups -OCH3 is 1. The molecule has 100 valence electrons. The summed E-state index contributed by atoms with van der Waals surface area (Å²) in [6, 6.07) is 0.680. The summed E-state index contributed by atoms with van der Waals surface area (Å²) in [6.45, 7) is 0. The van der Waals surface area contributed by atoms with E-state index in [2.05, 4.69) is 4.74 Å². The zero-order chi connectivity index (χ0) is 14.7. The minimum absolute atomic E-state index is 0.0288. The molecule has 19 heavy (non-hydrogen) atoms. The third kappa shape index (κ3) is 2.37. The normalized spacial score (nSPS) is 9.74. The number of carbonyl (C=O) groups excluding carboxylic acids is 1. The van der Waals surface area contributed by atoms with Gasteiger partial charge in [-0.1, -0.05) is 0 Å². The standard InChI is InChI=1S/C11H8O8/c1-19-8-5(10(15)16)2-4(9(13)14)6(3-12)7(8)11(17)18/h2-3H,1H3,(H,13,14)(H,15,16)(H,17,18). The van der Waals surface area contributed by atoms with Gasteiger partial charge in [0.1, 0.15) is 16.9 Å². The van der Waals surface area contributed by atoms with Crippen molar-refractivity contribution in [2.75, 3.05) is 7.11 Å². The topological polar surface area (TPSA) is 138 Å². The Morgan fingerprint density at radius 1 is 1.05 bits per heavy atom. The van der Waals surface area contributed by atoms with Crippen LogP contribution >= 0.6 is 0 Å². The van der Waals surface area contributed by atoms with E-state index >= 15 is 0 Å². The van der Waals surface area contributed by atoms with Crippen molar-refractivity contribution in [3.63, 3.8) is 0 Å². The van der Waals surface area contributed by atoms with Crippen LogP contribution in [0.25, 0.3) is 0 Å². The number of carboxylic acids is 3. The van der Waals surface area contributed by atoms with Crippen molar-refractivity contribution in [2.45, 2.75) is 0 Å². The predicted octanol–water partition coefficient (Wildman–Crippen LogP) is 0.602. The molecular formula is C11H8O8. The lowest BCUT2D eigenvalue weighted by Gasteiger charge is -2.12. The summed E-state index contributed by atoms with van der Waals surface area (Å²) in [4.78, 5) is 43.9. The summed E-state index contributed by atoms with van der Waals surface area (Å²) in [5, 5.41) is 26.8. The monoisotopic (exact) mass is 268 g/mol. The summed E-state index contributed by atoms with van der Waals surface area (Å²) >= 11 is 0. The van der Waals surface area contributed by atoms with Gasteiger partial charge in [-0.25, -0.2) is 14.4 Å². The van der Waals surface area contributed by atoms with Crippen molar-refractivity contribution in [3.8, 4) is 5.75 Å². The van der Waals surface area contributed by atoms with Gasteiger partial charge in [-0.2, -0.15) is 0 Å². The highest BCUT2D eigenvalue weighted by Crippen LogP contribution is 2.29. The first kappa shape index (κ1) is 14.2. The van der Waals surface area contributed by atoms with Gasteiger partial charge in [0.25, 0.3) is 0 Å². The highest BCUT2D eigenvalue weighted by molar-refractivity contribution is 6.10. The van der Waals surface area contributed by atoms with E-state index in [0.717, 1.165) is 7.11 Å². The van der Waals surface area contributed by atoms with Crippen molar-refractivity contribution in [1.82, 2.24) is 0 Å². The number of carboxylic acid groups (broad SMARTS) is 3. The van der Waals surface area contributed by atoms with Gasteiger partial charge >= 0.3 is 17.9 Å². The fourth-order valence-corrected chi connectivity index (χ4v) is 1.56. The van der Waals surface area contributed by atoms with E-state index in [9.17, 15) is 19.2 Å². The van der Waals surface area contributed by atoms with Gasteiger partial charge < -0.3 is 20.1 Å². The lowest BCUT2D eigenvalue weighted by molar-refractivity contribution is 0.0687. The Balaban J connectivity index is 3.92. The average Bonchev–Trinajstić information content (AvgIpc) is 2.35. The van der Waals surface area contributed by atoms with Crippen LogP contribution < -0.4 is 4.74 Å². The molecule has 0 saturated carbocycles. The Labute approximate surface area is 105 Å². The SMILES string of the molecule is COc1c(C(=O)O)cc(C(=O)O)c(C=O)c1C(=O)O. The molecule has 3 N–H and O–H groups in total. The van der Waals surface area contributed by atoms with Crippen LogP contribution in [0.4, 0.5) is 0 Å². The molecule has 1 aromatic rings. The molecule has 0 spiro atoms. The highest BCUT2D eigenvalue weighted by Gasteiger charge is 2.28. The van der Waals surface area contributed by atoms with Crippen molar-refractivity contribution < 1.29 is 39.2 Å². The molecule has 1 aromatic carbocycles. The number of hydrogen-bond acceptors (Lipinski definition) is 5. The second-order valence-electron chi connectivity index (χ2n) is 3.33. The van der Waals surface area contributed by atoms with Gasteiger partial charge in [0.15, 0.2) is 6.29 Å². The minimum Gasteiger partial charge on any atom is -0.495 e. The molecule has 0 bridgehead atoms. The van der Waals surface area contributed by atoms with Crippen LogP contribution in [0, 0.1) is 0 Å². The van der Waals surface area contributed by atoms with Crippen LogP contribution in [0.2, 0.25) is 0 Å². The predicted molar refractivity (Wildman–Crippen MR) is 59.3 cm³/mol. The summed E-state index contributed by atoms with van der Waals surface area (Å²) in [6.07, 6.45) is 0.0288. The summed E-state index contributed by atoms with van der Waals surface area (Å²) in [5.41, 5.74) is -2.81. The van der Waals surface area contributed by atoms with E-state index in [4.69, 9.17) is 15.3 Å². The highest BCUT2D eigenvalue weighted by atomic mass is 16.5. The maximum absolute atomic E-state index is 11.1. The summed E-state index contributed by atoms with van der Waals surface area (Å²) in [7, 11) is 1.02. The molecule has 0 aliphatic heterocycles. The number of carbonyl (C=O) groups is 4. The lowest BCUT2D eigenvalue weighted by Crippen LogP contribution is -2.15. The molecule has 0 aliphatic carbocycles. The summed E-state index contributed by atoms with van der Waals surface area (Å²) in [5.74, 6) is -5.43. The third-order valence-electron chi connectivity index (χ3n) is 2.32. The number of aromatic carboxylic acids is 3. The fourth-order valence-electron chi connectivity index (χ4n) is 1.56. The van der Waals surface area contributed by atoms with E-state index in [1.165, 1.54) is 0 Å². The fraction of sp³-hybridized carbons (Fsp3) is 0.0909. The number of hydrogen-bond donors (Lipinski definition) is 3. The number of aldehydes is 1. The average molecular weight is 268 g/mol. The minimum atomic E-state index is -1.66. The van der Waals surface area contributed by atoms with Gasteiger partial charge in [-0.05, 0) is 6.07 Å². The van der Waals surface area contributed by atoms with Crippen LogP contribution in [0.15, 0.2) is 6.07 Å². The van der Waals surface area contributed by atoms with Crippen molar-refractivity contribution in [1.29, 1.82) is 0 Å². The number of rotatable bonds is 5. The largest absolute Gasteiger partial charge is 0.495 e. The van der Waals surface area contributed by atoms with Gasteiger partial charge in [-0.15, -0.1) is 0 Å². The molecule has 0 aromatic heterocycles. The smallest absolute Gasteiger partial charge is 0.340 e. The van der Waals surface area contributed by atoms with E-state index in [1.54, 1.807) is 0 Å². The molecule has 0 heterocycles. The Morgan fingerprint density at radius 3 is 1.89 bits per heavy atom. The molecule has 8 nitrogen and oxygen atoms in total. The van der Waals surface area contributed by atoms with Gasteiger partial charge in [-0.3, -0.25) is 4.79 Å². The van der Waals surface area contributed by atoms with Crippen LogP contribution in [0.1, 0.15) is 41.4 Å². The second kappa shape index (κ2) is 5.17. The van der Waals surface area contributed by atoms with E-state index in [1.807, 2.05) is 0 Å². The van der Waals surface area contributed by atoms with Crippen LogP contribution in [-0.4, -0.2) is 46.6 Å². The molecule has 0 amide bonds. The zero-order valence-electron chi connectivity index (χ0n) is 9.54. The first-order chi connectivity index (χ1) is 8.84. The van der Waals surface area contributed by atoms with E-state index in [0.29, 0.717) is 6.07 Å². The maximum Gasteiger partial charge on any atom is 0.340 e. The Hall–Kier alpha value is -2.90. The molecule has 0 atom stereocenters. The molecule has 0 aliphatic rings. The van der Waals surface area contributed by atoms with Crippen LogP contribution in [0.5, 0.6) is 5.75 Å². The lowest BCUT2D eigenvalue weighted by atomic mass is 9.96. The van der Waals surface area contributed by atoms with Gasteiger partial charge in [0, 0.05) is 5.56 Å². The molecule has 1 rings (SSSR count). The van der Waals surface area contributed by atoms with E-state index in [-0.39, 0.29) is 6.29 Å². The Bertz CT molecular complexity index is 587. The van der Waals surface area contributed by atoms with Crippen LogP contribution in [-0.2, 0) is 0 Å². The Kier molecular flexibility index (Phi) is 3.85. The molecule has 0 saturated heterocycles. The molecule has 0 fully saturated rings. The Morgan fingerprint density at radius 2 is 1.58 bits per heavy atom. The summed E-state index contributed by atoms with van der Waals surface area (Å²) < 4.78 is 4.66. The second-order valence-corrected chi connectivity index (χ2v) is 3.33. The van der Waals surface area contributed by atoms with Crippen LogP contribution in [0.3, 0.4) is 0 Å². The van der Waals surface area contributed by atoms with Crippen molar-refractivity contribution >= 4 is 24.2 Å². The first-order valence-electron chi connectivity index (χ1n) is 4.75. The molecule has 0 radical (unpaired) electrons. The maximum atomic E-state index is 11.1. The molecule has 8 heteroatoms. The van der Waals surface area contributed by atoms with Crippen molar-refractivity contribution in [2.24, 2.45) is 0 Å². The first-order valence-corrected chi connectivity index (χ1v) is 4.75. The van der Waals surface area contributed by atoms with Gasteiger partial charge in [0.2, 0.25) is 0 Å². The van der Waals surface area contributed by atoms with Crippen molar-refractivity contribution in [3.05, 3.63) is 28.3 Å². The zero-order valence-corrected chi connectivity index (χ0v) is 9.54.